The third-order valence-corrected chi connectivity index (χ3v) is 5.46. The Labute approximate surface area is 143 Å². The Morgan fingerprint density at radius 2 is 2.25 bits per heavy atom. The number of allylic oxidation sites excluding steroid dienone is 1. The number of fused-ring (bicyclic) bond motifs is 1. The third-order valence-electron chi connectivity index (χ3n) is 5.46. The number of aromatic amines is 1. The second-order valence-corrected chi connectivity index (χ2v) is 7.70. The number of carbonyl (C=O) groups is 1. The van der Waals surface area contributed by atoms with Crippen molar-refractivity contribution in [3.8, 4) is 0 Å². The van der Waals surface area contributed by atoms with Crippen molar-refractivity contribution in [1.82, 2.24) is 4.98 Å². The molecule has 2 N–H and O–H groups in total. The second-order valence-electron chi connectivity index (χ2n) is 7.70. The van der Waals surface area contributed by atoms with E-state index in [0.717, 1.165) is 29.3 Å². The van der Waals surface area contributed by atoms with Crippen molar-refractivity contribution in [3.63, 3.8) is 0 Å². The number of nitrogens with one attached hydrogen (secondary N) is 1. The Bertz CT molecular complexity index is 773. The Balaban J connectivity index is 1.97. The number of aromatic nitrogens is 1. The van der Waals surface area contributed by atoms with E-state index in [1.165, 1.54) is 30.4 Å². The number of H-pyrrole nitrogens is 1. The van der Waals surface area contributed by atoms with E-state index in [1.54, 1.807) is 0 Å². The van der Waals surface area contributed by atoms with Gasteiger partial charge in [-0.2, -0.15) is 0 Å². The third kappa shape index (κ3) is 3.26. The van der Waals surface area contributed by atoms with Crippen LogP contribution in [0.2, 0.25) is 0 Å². The molecular weight excluding hydrogens is 298 g/mol. The van der Waals surface area contributed by atoms with Crippen molar-refractivity contribution in [1.29, 1.82) is 0 Å². The molecule has 0 aliphatic heterocycles. The van der Waals surface area contributed by atoms with Crippen LogP contribution in [0, 0.1) is 5.92 Å². The molecule has 1 aliphatic carbocycles. The zero-order chi connectivity index (χ0) is 17.3. The van der Waals surface area contributed by atoms with E-state index in [-0.39, 0.29) is 11.8 Å². The molecule has 1 aromatic heterocycles. The van der Waals surface area contributed by atoms with Crippen LogP contribution in [0.15, 0.2) is 36.5 Å². The zero-order valence-electron chi connectivity index (χ0n) is 14.7. The monoisotopic (exact) mass is 325 g/mol. The highest BCUT2D eigenvalue weighted by atomic mass is 16.4. The van der Waals surface area contributed by atoms with E-state index >= 15 is 0 Å². The smallest absolute Gasteiger partial charge is 0.307 e. The Morgan fingerprint density at radius 3 is 2.96 bits per heavy atom. The number of hydrogen-bond acceptors (Lipinski definition) is 1. The number of carboxylic acids is 1. The first-order valence-corrected chi connectivity index (χ1v) is 8.90. The summed E-state index contributed by atoms with van der Waals surface area (Å²) < 4.78 is 0. The van der Waals surface area contributed by atoms with Crippen LogP contribution in [0.4, 0.5) is 0 Å². The van der Waals surface area contributed by atoms with Crippen LogP contribution >= 0.6 is 0 Å². The molecule has 0 bridgehead atoms. The molecule has 0 spiro atoms. The van der Waals surface area contributed by atoms with E-state index in [2.05, 4.69) is 43.6 Å². The highest BCUT2D eigenvalue weighted by Gasteiger charge is 2.35. The van der Waals surface area contributed by atoms with E-state index in [0.29, 0.717) is 5.92 Å². The summed E-state index contributed by atoms with van der Waals surface area (Å²) in [5, 5.41) is 10.2. The fourth-order valence-corrected chi connectivity index (χ4v) is 4.51. The molecular formula is C21H27NO2. The summed E-state index contributed by atoms with van der Waals surface area (Å²) in [6.45, 7) is 8.88. The molecule has 0 radical (unpaired) electrons. The van der Waals surface area contributed by atoms with Crippen molar-refractivity contribution in [2.45, 2.75) is 57.8 Å². The maximum Gasteiger partial charge on any atom is 0.307 e. The molecule has 2 unspecified atom stereocenters. The minimum absolute atomic E-state index is 0.0608. The van der Waals surface area contributed by atoms with E-state index in [9.17, 15) is 4.79 Å². The quantitative estimate of drug-likeness (QED) is 0.741. The normalized spacial score (nSPS) is 24.4. The van der Waals surface area contributed by atoms with Crippen molar-refractivity contribution in [2.75, 3.05) is 0 Å². The molecule has 1 fully saturated rings. The number of rotatable bonds is 5. The molecule has 3 heteroatoms. The molecule has 1 aromatic carbocycles. The van der Waals surface area contributed by atoms with Gasteiger partial charge in [0.05, 0.1) is 6.42 Å². The van der Waals surface area contributed by atoms with E-state index < -0.39 is 5.97 Å². The van der Waals surface area contributed by atoms with Crippen molar-refractivity contribution >= 4 is 16.9 Å². The van der Waals surface area contributed by atoms with Gasteiger partial charge in [-0.15, -0.1) is 0 Å². The van der Waals surface area contributed by atoms with Gasteiger partial charge in [0.2, 0.25) is 0 Å². The zero-order valence-corrected chi connectivity index (χ0v) is 14.7. The summed E-state index contributed by atoms with van der Waals surface area (Å²) in [6.07, 6.45) is 7.72. The number of benzene rings is 1. The van der Waals surface area contributed by atoms with Crippen molar-refractivity contribution in [2.24, 2.45) is 5.92 Å². The fraction of sp³-hybridized carbons (Fsp3) is 0.476. The van der Waals surface area contributed by atoms with E-state index in [4.69, 9.17) is 5.11 Å². The molecule has 0 saturated heterocycles. The van der Waals surface area contributed by atoms with Crippen molar-refractivity contribution in [3.05, 3.63) is 47.7 Å². The summed E-state index contributed by atoms with van der Waals surface area (Å²) in [4.78, 5) is 14.3. The van der Waals surface area contributed by atoms with Gasteiger partial charge in [-0.3, -0.25) is 4.79 Å². The molecule has 0 amide bonds. The van der Waals surface area contributed by atoms with Crippen LogP contribution in [0.1, 0.15) is 57.1 Å². The van der Waals surface area contributed by atoms with Gasteiger partial charge >= 0.3 is 5.97 Å². The molecule has 1 heterocycles. The summed E-state index contributed by atoms with van der Waals surface area (Å²) in [7, 11) is 0. The van der Waals surface area contributed by atoms with Gasteiger partial charge in [0, 0.05) is 17.1 Å². The highest BCUT2D eigenvalue weighted by molar-refractivity contribution is 5.87. The predicted molar refractivity (Wildman–Crippen MR) is 98.4 cm³/mol. The molecule has 3 nitrogen and oxygen atoms in total. The lowest BCUT2D eigenvalue weighted by atomic mass is 9.65. The first-order chi connectivity index (χ1) is 11.4. The molecule has 24 heavy (non-hydrogen) atoms. The number of aliphatic carboxylic acids is 1. The maximum atomic E-state index is 11.1. The standard InChI is InChI=1S/C21H27NO2/c1-4-5-15-8-14(2)11-21(3,12-15)17-6-7-19-18(10-17)16(13-22-19)9-20(23)24/h6-7,10,13,15,22H,2,4-5,8-9,11-12H2,1,3H3,(H,23,24). The average Bonchev–Trinajstić information content (AvgIpc) is 2.88. The lowest BCUT2D eigenvalue weighted by molar-refractivity contribution is -0.136. The topological polar surface area (TPSA) is 53.1 Å². The second kappa shape index (κ2) is 6.46. The molecule has 1 saturated carbocycles. The lowest BCUT2D eigenvalue weighted by Gasteiger charge is -2.40. The molecule has 128 valence electrons. The lowest BCUT2D eigenvalue weighted by Crippen LogP contribution is -2.31. The predicted octanol–water partition coefficient (Wildman–Crippen LogP) is 5.21. The largest absolute Gasteiger partial charge is 0.481 e. The van der Waals surface area contributed by atoms with Crippen LogP contribution in [0.5, 0.6) is 0 Å². The van der Waals surface area contributed by atoms with Gasteiger partial charge < -0.3 is 10.1 Å². The minimum Gasteiger partial charge on any atom is -0.481 e. The van der Waals surface area contributed by atoms with Gasteiger partial charge in [-0.05, 0) is 53.9 Å². The highest BCUT2D eigenvalue weighted by Crippen LogP contribution is 2.45. The van der Waals surface area contributed by atoms with Crippen LogP contribution < -0.4 is 0 Å². The number of carboxylic acid groups (broad SMARTS) is 1. The van der Waals surface area contributed by atoms with Gasteiger partial charge in [0.15, 0.2) is 0 Å². The Hall–Kier alpha value is -2.03. The summed E-state index contributed by atoms with van der Waals surface area (Å²) in [6, 6.07) is 6.49. The van der Waals surface area contributed by atoms with Crippen LogP contribution in [0.25, 0.3) is 10.9 Å². The SMILES string of the molecule is C=C1CC(CCC)CC(C)(c2ccc3[nH]cc(CC(=O)O)c3c2)C1. The summed E-state index contributed by atoms with van der Waals surface area (Å²) in [5.41, 5.74) is 4.63. The average molecular weight is 325 g/mol. The van der Waals surface area contributed by atoms with Crippen LogP contribution in [-0.2, 0) is 16.6 Å². The van der Waals surface area contributed by atoms with Gasteiger partial charge in [-0.1, -0.05) is 44.9 Å². The molecule has 1 aliphatic rings. The molecule has 3 rings (SSSR count). The van der Waals surface area contributed by atoms with Gasteiger partial charge in [0.1, 0.15) is 0 Å². The fourth-order valence-electron chi connectivity index (χ4n) is 4.51. The Kier molecular flexibility index (Phi) is 4.53. The Morgan fingerprint density at radius 1 is 1.46 bits per heavy atom. The van der Waals surface area contributed by atoms with Crippen LogP contribution in [-0.4, -0.2) is 16.1 Å². The first kappa shape index (κ1) is 16.8. The minimum atomic E-state index is -0.790. The van der Waals surface area contributed by atoms with Crippen LogP contribution in [0.3, 0.4) is 0 Å². The molecule has 2 aromatic rings. The maximum absolute atomic E-state index is 11.1. The van der Waals surface area contributed by atoms with Gasteiger partial charge in [-0.25, -0.2) is 0 Å². The number of hydrogen-bond donors (Lipinski definition) is 2. The van der Waals surface area contributed by atoms with E-state index in [1.807, 2.05) is 6.20 Å². The first-order valence-electron chi connectivity index (χ1n) is 8.90. The summed E-state index contributed by atoms with van der Waals surface area (Å²) >= 11 is 0. The summed E-state index contributed by atoms with van der Waals surface area (Å²) in [5.74, 6) is -0.0803. The molecule has 2 atom stereocenters. The van der Waals surface area contributed by atoms with Gasteiger partial charge in [0.25, 0.3) is 0 Å². The van der Waals surface area contributed by atoms with Crippen molar-refractivity contribution < 1.29 is 9.90 Å².